The summed E-state index contributed by atoms with van der Waals surface area (Å²) in [6.07, 6.45) is 4.64. The van der Waals surface area contributed by atoms with E-state index in [0.717, 1.165) is 4.47 Å². The van der Waals surface area contributed by atoms with Crippen molar-refractivity contribution in [3.05, 3.63) is 46.9 Å². The molecule has 0 atom stereocenters. The van der Waals surface area contributed by atoms with Crippen LogP contribution in [0.5, 0.6) is 0 Å². The minimum atomic E-state index is -0.854. The SMILES string of the molecule is CS(C)(I)n1c2ccccc2c2cc(Br)ccc21. The first-order valence-corrected chi connectivity index (χ1v) is 11.3. The van der Waals surface area contributed by atoms with E-state index < -0.39 is 7.39 Å². The fraction of sp³-hybridized carbons (Fsp3) is 0.143. The van der Waals surface area contributed by atoms with Gasteiger partial charge >= 0.3 is 0 Å². The Labute approximate surface area is 129 Å². The van der Waals surface area contributed by atoms with Gasteiger partial charge in [-0.25, -0.2) is 0 Å². The lowest BCUT2D eigenvalue weighted by Crippen LogP contribution is -1.99. The van der Waals surface area contributed by atoms with E-state index in [-0.39, 0.29) is 0 Å². The highest BCUT2D eigenvalue weighted by Gasteiger charge is 2.17. The quantitative estimate of drug-likeness (QED) is 0.431. The van der Waals surface area contributed by atoms with E-state index in [0.29, 0.717) is 0 Å². The molecule has 2 aromatic carbocycles. The molecule has 1 aromatic heterocycles. The molecule has 94 valence electrons. The van der Waals surface area contributed by atoms with Crippen LogP contribution >= 0.6 is 44.5 Å². The second-order valence-corrected chi connectivity index (χ2v) is 14.7. The van der Waals surface area contributed by atoms with Gasteiger partial charge in [-0.3, -0.25) is 3.97 Å². The van der Waals surface area contributed by atoms with E-state index >= 15 is 0 Å². The number of nitrogens with zero attached hydrogens (tertiary/aromatic N) is 1. The molecule has 0 aliphatic rings. The molecule has 1 nitrogen and oxygen atoms in total. The van der Waals surface area contributed by atoms with Gasteiger partial charge in [0.1, 0.15) is 0 Å². The molecule has 3 rings (SSSR count). The van der Waals surface area contributed by atoms with Crippen molar-refractivity contribution < 1.29 is 0 Å². The van der Waals surface area contributed by atoms with Gasteiger partial charge in [0.15, 0.2) is 0 Å². The minimum Gasteiger partial charge on any atom is -0.294 e. The lowest BCUT2D eigenvalue weighted by molar-refractivity contribution is 1.40. The molecule has 0 amide bonds. The lowest BCUT2D eigenvalue weighted by atomic mass is 10.2. The summed E-state index contributed by atoms with van der Waals surface area (Å²) >= 11 is 6.15. The van der Waals surface area contributed by atoms with Gasteiger partial charge < -0.3 is 0 Å². The van der Waals surface area contributed by atoms with Crippen molar-refractivity contribution in [3.8, 4) is 0 Å². The standard InChI is InChI=1S/C14H13BrINS/c1-18(2,16)17-13-6-4-3-5-11(13)12-9-10(15)7-8-14(12)17/h3-9H,1-2H3. The summed E-state index contributed by atoms with van der Waals surface area (Å²) in [6.45, 7) is 0. The zero-order chi connectivity index (χ0) is 12.9. The molecular weight excluding hydrogens is 421 g/mol. The van der Waals surface area contributed by atoms with Crippen LogP contribution < -0.4 is 0 Å². The van der Waals surface area contributed by atoms with Gasteiger partial charge in [-0.05, 0) is 58.0 Å². The molecule has 0 unspecified atom stereocenters. The van der Waals surface area contributed by atoms with Gasteiger partial charge in [0.05, 0.1) is 11.0 Å². The third-order valence-electron chi connectivity index (χ3n) is 3.02. The number of fused-ring (bicyclic) bond motifs is 3. The zero-order valence-corrected chi connectivity index (χ0v) is 14.7. The first-order valence-electron chi connectivity index (χ1n) is 5.60. The predicted octanol–water partition coefficient (Wildman–Crippen LogP) is 5.73. The van der Waals surface area contributed by atoms with Crippen LogP contribution in [0.15, 0.2) is 46.9 Å². The highest BCUT2D eigenvalue weighted by Crippen LogP contribution is 2.54. The predicted molar refractivity (Wildman–Crippen MR) is 96.0 cm³/mol. The minimum absolute atomic E-state index is 0.854. The number of hydrogen-bond donors (Lipinski definition) is 0. The molecule has 0 spiro atoms. The van der Waals surface area contributed by atoms with Crippen molar-refractivity contribution in [3.63, 3.8) is 0 Å². The summed E-state index contributed by atoms with van der Waals surface area (Å²) in [6, 6.07) is 15.2. The number of benzene rings is 2. The largest absolute Gasteiger partial charge is 0.294 e. The topological polar surface area (TPSA) is 4.93 Å². The van der Waals surface area contributed by atoms with Crippen molar-refractivity contribution in [2.75, 3.05) is 12.5 Å². The van der Waals surface area contributed by atoms with Crippen LogP contribution in [0.4, 0.5) is 0 Å². The van der Waals surface area contributed by atoms with Crippen molar-refractivity contribution in [1.29, 1.82) is 0 Å². The van der Waals surface area contributed by atoms with Crippen molar-refractivity contribution in [2.45, 2.75) is 0 Å². The van der Waals surface area contributed by atoms with Crippen molar-refractivity contribution in [2.24, 2.45) is 0 Å². The molecule has 0 bridgehead atoms. The van der Waals surface area contributed by atoms with Crippen LogP contribution in [0, 0.1) is 0 Å². The summed E-state index contributed by atoms with van der Waals surface area (Å²) in [5.41, 5.74) is 2.66. The zero-order valence-electron chi connectivity index (χ0n) is 10.2. The fourth-order valence-corrected chi connectivity index (χ4v) is 5.27. The Morgan fingerprint density at radius 1 is 1.00 bits per heavy atom. The summed E-state index contributed by atoms with van der Waals surface area (Å²) in [4.78, 5) is 0. The average Bonchev–Trinajstić information content (AvgIpc) is 2.62. The Kier molecular flexibility index (Phi) is 3.15. The van der Waals surface area contributed by atoms with E-state index in [4.69, 9.17) is 0 Å². The number of aromatic nitrogens is 1. The smallest absolute Gasteiger partial charge is 0.0595 e. The maximum Gasteiger partial charge on any atom is 0.0595 e. The molecule has 0 N–H and O–H groups in total. The van der Waals surface area contributed by atoms with Crippen LogP contribution in [0.1, 0.15) is 0 Å². The summed E-state index contributed by atoms with van der Waals surface area (Å²) in [5, 5.41) is 2.67. The lowest BCUT2D eigenvalue weighted by Gasteiger charge is -2.27. The van der Waals surface area contributed by atoms with Gasteiger partial charge in [-0.2, -0.15) is 0 Å². The van der Waals surface area contributed by atoms with Gasteiger partial charge in [0.2, 0.25) is 0 Å². The van der Waals surface area contributed by atoms with E-state index in [1.165, 1.54) is 21.8 Å². The van der Waals surface area contributed by atoms with Crippen LogP contribution in [0.3, 0.4) is 0 Å². The first kappa shape index (κ1) is 12.8. The third kappa shape index (κ3) is 1.98. The highest BCUT2D eigenvalue weighted by atomic mass is 127. The van der Waals surface area contributed by atoms with Gasteiger partial charge in [-0.15, -0.1) is 7.39 Å². The molecule has 0 radical (unpaired) electrons. The molecule has 3 aromatic rings. The van der Waals surface area contributed by atoms with E-state index in [9.17, 15) is 0 Å². The molecule has 4 heteroatoms. The number of halogens is 2. The van der Waals surface area contributed by atoms with Crippen molar-refractivity contribution >= 4 is 66.3 Å². The average molecular weight is 434 g/mol. The Morgan fingerprint density at radius 2 is 1.67 bits per heavy atom. The molecular formula is C14H13BrINS. The fourth-order valence-electron chi connectivity index (χ4n) is 2.38. The van der Waals surface area contributed by atoms with Crippen LogP contribution in [-0.2, 0) is 0 Å². The highest BCUT2D eigenvalue weighted by molar-refractivity contribution is 14.2. The number of para-hydroxylation sites is 1. The molecule has 0 aliphatic carbocycles. The van der Waals surface area contributed by atoms with Crippen LogP contribution in [0.25, 0.3) is 21.8 Å². The second kappa shape index (κ2) is 4.42. The Bertz CT molecular complexity index is 742. The number of rotatable bonds is 1. The normalized spacial score (nSPS) is 13.3. The van der Waals surface area contributed by atoms with Crippen LogP contribution in [-0.4, -0.2) is 16.5 Å². The van der Waals surface area contributed by atoms with Crippen molar-refractivity contribution in [1.82, 2.24) is 3.97 Å². The molecule has 0 saturated carbocycles. The summed E-state index contributed by atoms with van der Waals surface area (Å²) in [7, 11) is -0.854. The van der Waals surface area contributed by atoms with E-state index in [1.807, 2.05) is 0 Å². The molecule has 0 saturated heterocycles. The van der Waals surface area contributed by atoms with E-state index in [1.54, 1.807) is 0 Å². The Hall–Kier alpha value is -0.200. The van der Waals surface area contributed by atoms with E-state index in [2.05, 4.69) is 96.1 Å². The van der Waals surface area contributed by atoms with Gasteiger partial charge in [0, 0.05) is 15.2 Å². The Balaban J connectivity index is 2.58. The molecule has 1 heterocycles. The maximum absolute atomic E-state index is 3.57. The summed E-state index contributed by atoms with van der Waals surface area (Å²) < 4.78 is 3.63. The van der Waals surface area contributed by atoms with Gasteiger partial charge in [-0.1, -0.05) is 34.1 Å². The second-order valence-electron chi connectivity index (χ2n) is 4.62. The Morgan fingerprint density at radius 3 is 2.39 bits per heavy atom. The monoisotopic (exact) mass is 433 g/mol. The molecule has 0 aliphatic heterocycles. The molecule has 18 heavy (non-hydrogen) atoms. The maximum atomic E-state index is 3.57. The number of hydrogen-bond acceptors (Lipinski definition) is 0. The molecule has 0 fully saturated rings. The van der Waals surface area contributed by atoms with Crippen LogP contribution in [0.2, 0.25) is 0 Å². The van der Waals surface area contributed by atoms with Gasteiger partial charge in [0.25, 0.3) is 0 Å². The third-order valence-corrected chi connectivity index (χ3v) is 5.96. The first-order chi connectivity index (χ1) is 8.48. The summed E-state index contributed by atoms with van der Waals surface area (Å²) in [5.74, 6) is 0.